The molecule has 1 aliphatic carbocycles. The highest BCUT2D eigenvalue weighted by Gasteiger charge is 2.43. The molecule has 2 amide bonds. The van der Waals surface area contributed by atoms with E-state index in [4.69, 9.17) is 15.2 Å². The number of nitrogens with one attached hydrogen (secondary N) is 2. The second kappa shape index (κ2) is 12.6. The van der Waals surface area contributed by atoms with E-state index in [9.17, 15) is 26.8 Å². The molecule has 0 radical (unpaired) electrons. The quantitative estimate of drug-likeness (QED) is 0.375. The van der Waals surface area contributed by atoms with Gasteiger partial charge in [0.15, 0.2) is 9.84 Å². The number of carbonyl (C=O) groups is 2. The summed E-state index contributed by atoms with van der Waals surface area (Å²) in [5.41, 5.74) is 7.21. The second-order valence-electron chi connectivity index (χ2n) is 14.0. The number of alkyl carbamates (subject to hydrolysis) is 1. The van der Waals surface area contributed by atoms with Crippen LogP contribution < -0.4 is 16.4 Å². The van der Waals surface area contributed by atoms with Gasteiger partial charge in [-0.1, -0.05) is 13.8 Å². The van der Waals surface area contributed by atoms with Crippen LogP contribution in [-0.4, -0.2) is 79.9 Å². The van der Waals surface area contributed by atoms with Crippen LogP contribution in [0.2, 0.25) is 0 Å². The number of aromatic nitrogens is 1. The van der Waals surface area contributed by atoms with Gasteiger partial charge in [0.2, 0.25) is 0 Å². The van der Waals surface area contributed by atoms with Crippen LogP contribution in [0.15, 0.2) is 17.0 Å². The minimum absolute atomic E-state index is 0.00162. The Balaban J connectivity index is 1.13. The predicted molar refractivity (Wildman–Crippen MR) is 167 cm³/mol. The fourth-order valence-electron chi connectivity index (χ4n) is 7.43. The average molecular weight is 682 g/mol. The molecular weight excluding hydrogens is 639 g/mol. The number of benzene rings is 1. The molecule has 1 aromatic heterocycles. The second-order valence-corrected chi connectivity index (χ2v) is 15.9. The van der Waals surface area contributed by atoms with Crippen LogP contribution in [0.3, 0.4) is 0 Å². The summed E-state index contributed by atoms with van der Waals surface area (Å²) in [4.78, 5) is 26.9. The van der Waals surface area contributed by atoms with Crippen molar-refractivity contribution in [3.8, 4) is 5.69 Å². The third-order valence-corrected chi connectivity index (χ3v) is 11.9. The van der Waals surface area contributed by atoms with E-state index in [1.165, 1.54) is 6.07 Å². The first-order valence-corrected chi connectivity index (χ1v) is 17.8. The Bertz CT molecular complexity index is 1660. The van der Waals surface area contributed by atoms with Crippen molar-refractivity contribution in [2.75, 3.05) is 37.2 Å². The van der Waals surface area contributed by atoms with Crippen LogP contribution in [0.25, 0.3) is 5.69 Å². The molecule has 47 heavy (non-hydrogen) atoms. The molecule has 11 nitrogen and oxygen atoms in total. The summed E-state index contributed by atoms with van der Waals surface area (Å²) in [6, 6.07) is 2.67. The summed E-state index contributed by atoms with van der Waals surface area (Å²) in [6.07, 6.45) is 1.40. The highest BCUT2D eigenvalue weighted by atomic mass is 32.2. The van der Waals surface area contributed by atoms with Crippen LogP contribution in [0.5, 0.6) is 0 Å². The van der Waals surface area contributed by atoms with Crippen molar-refractivity contribution in [1.29, 1.82) is 0 Å². The maximum absolute atomic E-state index is 15.7. The molecule has 2 aromatic rings. The maximum atomic E-state index is 15.7. The number of fused-ring (bicyclic) bond motifs is 3. The lowest BCUT2D eigenvalue weighted by atomic mass is 9.89. The highest BCUT2D eigenvalue weighted by molar-refractivity contribution is 7.91. The van der Waals surface area contributed by atoms with Gasteiger partial charge in [-0.3, -0.25) is 4.79 Å². The van der Waals surface area contributed by atoms with E-state index in [2.05, 4.69) is 10.6 Å². The molecule has 1 aromatic carbocycles. The van der Waals surface area contributed by atoms with Gasteiger partial charge >= 0.3 is 6.09 Å². The fraction of sp³-hybridized carbons (Fsp3) is 0.625. The van der Waals surface area contributed by atoms with Crippen molar-refractivity contribution in [2.24, 2.45) is 11.1 Å². The zero-order valence-corrected chi connectivity index (χ0v) is 27.5. The molecule has 0 spiro atoms. The molecule has 1 saturated carbocycles. The number of primary amides is 1. The largest absolute Gasteiger partial charge is 0.446 e. The van der Waals surface area contributed by atoms with Gasteiger partial charge in [0.1, 0.15) is 11.9 Å². The zero-order valence-electron chi connectivity index (χ0n) is 26.7. The van der Waals surface area contributed by atoms with Crippen molar-refractivity contribution in [3.63, 3.8) is 0 Å². The van der Waals surface area contributed by atoms with Crippen LogP contribution in [0.4, 0.5) is 23.7 Å². The van der Waals surface area contributed by atoms with Crippen molar-refractivity contribution >= 4 is 27.5 Å². The topological polar surface area (TPSA) is 145 Å². The van der Waals surface area contributed by atoms with Crippen molar-refractivity contribution in [3.05, 3.63) is 40.5 Å². The molecule has 15 heteroatoms. The lowest BCUT2D eigenvalue weighted by molar-refractivity contribution is -0.0548. The summed E-state index contributed by atoms with van der Waals surface area (Å²) >= 11 is 0. The number of piperidine rings is 1. The van der Waals surface area contributed by atoms with E-state index < -0.39 is 39.0 Å². The van der Waals surface area contributed by atoms with E-state index in [0.29, 0.717) is 67.8 Å². The number of hydrogen-bond donors (Lipinski definition) is 3. The van der Waals surface area contributed by atoms with E-state index in [0.717, 1.165) is 0 Å². The number of amides is 2. The standard InChI is InChI=1S/C32H42F3N5O6S/c1-31(2)15-25-28(47(43,44)18-31)22-16-45-17-26(22)40(25)20-13-23(33)27(29(36)41)24(14-20)38-19-3-5-21(6-4-19)46-30(42)37-9-12-39-10-7-32(34,35)8-11-39/h13-14,19,21,38H,3-12,15-18H2,1-2H3,(H2,36,41)(H,37,42)/t19-,21-. The minimum Gasteiger partial charge on any atom is -0.446 e. The number of sulfone groups is 1. The van der Waals surface area contributed by atoms with E-state index in [-0.39, 0.29) is 73.2 Å². The Morgan fingerprint density at radius 1 is 1.09 bits per heavy atom. The van der Waals surface area contributed by atoms with Gasteiger partial charge in [0.25, 0.3) is 11.8 Å². The lowest BCUT2D eigenvalue weighted by Gasteiger charge is -2.32. The molecule has 258 valence electrons. The summed E-state index contributed by atoms with van der Waals surface area (Å²) in [5, 5.41) is 5.98. The lowest BCUT2D eigenvalue weighted by Crippen LogP contribution is -2.43. The van der Waals surface area contributed by atoms with Gasteiger partial charge in [-0.2, -0.15) is 0 Å². The van der Waals surface area contributed by atoms with Gasteiger partial charge in [-0.15, -0.1) is 0 Å². The Kier molecular flexibility index (Phi) is 9.02. The van der Waals surface area contributed by atoms with Crippen molar-refractivity contribution in [1.82, 2.24) is 14.8 Å². The first-order chi connectivity index (χ1) is 22.1. The summed E-state index contributed by atoms with van der Waals surface area (Å²) in [6.45, 7) is 5.44. The van der Waals surface area contributed by atoms with Gasteiger partial charge in [-0.25, -0.2) is 26.4 Å². The number of alkyl halides is 2. The number of nitrogens with zero attached hydrogens (tertiary/aromatic N) is 2. The minimum atomic E-state index is -3.61. The number of ether oxygens (including phenoxy) is 2. The smallest absolute Gasteiger partial charge is 0.407 e. The highest BCUT2D eigenvalue weighted by Crippen LogP contribution is 2.44. The first-order valence-electron chi connectivity index (χ1n) is 16.1. The number of rotatable bonds is 8. The molecule has 0 unspecified atom stereocenters. The summed E-state index contributed by atoms with van der Waals surface area (Å²) < 4.78 is 82.1. The van der Waals surface area contributed by atoms with Gasteiger partial charge in [-0.05, 0) is 49.7 Å². The fourth-order valence-corrected chi connectivity index (χ4v) is 9.78. The van der Waals surface area contributed by atoms with Gasteiger partial charge in [0.05, 0.1) is 46.5 Å². The van der Waals surface area contributed by atoms with E-state index in [1.807, 2.05) is 18.7 Å². The van der Waals surface area contributed by atoms with Crippen LogP contribution in [0.1, 0.15) is 79.7 Å². The number of anilines is 1. The molecule has 4 aliphatic rings. The van der Waals surface area contributed by atoms with E-state index >= 15 is 4.39 Å². The Morgan fingerprint density at radius 3 is 2.47 bits per heavy atom. The Morgan fingerprint density at radius 2 is 1.79 bits per heavy atom. The molecule has 0 atom stereocenters. The Labute approximate surface area is 272 Å². The van der Waals surface area contributed by atoms with Crippen molar-refractivity contribution in [2.45, 2.75) is 95.0 Å². The zero-order chi connectivity index (χ0) is 33.7. The molecule has 2 fully saturated rings. The summed E-state index contributed by atoms with van der Waals surface area (Å²) in [7, 11) is -3.61. The Hall–Kier alpha value is -3.30. The van der Waals surface area contributed by atoms with Crippen LogP contribution >= 0.6 is 0 Å². The predicted octanol–water partition coefficient (Wildman–Crippen LogP) is 4.28. The molecule has 6 rings (SSSR count). The number of halogens is 3. The first kappa shape index (κ1) is 33.6. The maximum Gasteiger partial charge on any atom is 0.407 e. The number of likely N-dealkylation sites (tertiary alicyclic amines) is 1. The molecule has 0 bridgehead atoms. The van der Waals surface area contributed by atoms with Gasteiger partial charge in [0, 0.05) is 56.3 Å². The third kappa shape index (κ3) is 7.12. The number of hydrogen-bond acceptors (Lipinski definition) is 8. The van der Waals surface area contributed by atoms with E-state index in [1.54, 1.807) is 10.6 Å². The molecule has 3 aliphatic heterocycles. The normalized spacial score (nSPS) is 24.6. The number of carbonyl (C=O) groups excluding carboxylic acids is 2. The third-order valence-electron chi connectivity index (χ3n) is 9.62. The van der Waals surface area contributed by atoms with Crippen LogP contribution in [-0.2, 0) is 38.9 Å². The molecule has 4 N–H and O–H groups in total. The van der Waals surface area contributed by atoms with Crippen LogP contribution in [0, 0.1) is 11.2 Å². The van der Waals surface area contributed by atoms with Gasteiger partial charge < -0.3 is 35.3 Å². The molecule has 1 saturated heterocycles. The SMILES string of the molecule is CC1(C)Cc2c(c3c(n2-c2cc(F)c(C(N)=O)c(N[C@H]4CC[C@H](OC(=O)NCCN5CCC(F)(F)CC5)CC4)c2)COC3)S(=O)(=O)C1. The average Bonchev–Trinajstić information content (AvgIpc) is 3.53. The molecule has 4 heterocycles. The monoisotopic (exact) mass is 681 g/mol. The van der Waals surface area contributed by atoms with Crippen molar-refractivity contribution < 1.29 is 40.7 Å². The molecular formula is C32H42F3N5O6S. The summed E-state index contributed by atoms with van der Waals surface area (Å²) in [5.74, 6) is -4.37. The number of nitrogens with two attached hydrogens (primary N) is 1.